The Morgan fingerprint density at radius 2 is 1.95 bits per heavy atom. The molecule has 0 unspecified atom stereocenters. The summed E-state index contributed by atoms with van der Waals surface area (Å²) in [7, 11) is 1.51. The Hall–Kier alpha value is -2.24. The van der Waals surface area contributed by atoms with Crippen LogP contribution in [-0.4, -0.2) is 25.6 Å². The number of nitrogens with zero attached hydrogens (tertiary/aromatic N) is 1. The number of nitrogens with one attached hydrogen (secondary N) is 2. The topological polar surface area (TPSA) is 88.7 Å². The highest BCUT2D eigenvalue weighted by Crippen LogP contribution is 2.26. The van der Waals surface area contributed by atoms with Crippen LogP contribution in [0.1, 0.15) is 24.5 Å². The van der Waals surface area contributed by atoms with E-state index in [1.54, 1.807) is 0 Å². The summed E-state index contributed by atoms with van der Waals surface area (Å²) in [5.41, 5.74) is 8.04. The van der Waals surface area contributed by atoms with Crippen molar-refractivity contribution in [3.63, 3.8) is 0 Å². The SMILES string of the molecule is CCCOc1cc(C)c(NC(=O)NC(N)=NC)c(C)c1. The number of guanidine groups is 1. The highest BCUT2D eigenvalue weighted by Gasteiger charge is 2.10. The molecule has 2 amide bonds. The van der Waals surface area contributed by atoms with Crippen molar-refractivity contribution in [2.75, 3.05) is 19.0 Å². The minimum absolute atomic E-state index is 0.0701. The number of aliphatic imine (C=N–C) groups is 1. The molecule has 4 N–H and O–H groups in total. The lowest BCUT2D eigenvalue weighted by Crippen LogP contribution is -2.39. The number of ether oxygens (including phenoxy) is 1. The Bertz CT molecular complexity index is 489. The van der Waals surface area contributed by atoms with Gasteiger partial charge in [-0.05, 0) is 43.5 Å². The van der Waals surface area contributed by atoms with Gasteiger partial charge in [0.05, 0.1) is 6.61 Å². The Morgan fingerprint density at radius 3 is 2.45 bits per heavy atom. The number of urea groups is 1. The predicted octanol–water partition coefficient (Wildman–Crippen LogP) is 2.16. The van der Waals surface area contributed by atoms with Crippen molar-refractivity contribution in [3.8, 4) is 5.75 Å². The first kappa shape index (κ1) is 15.8. The molecule has 0 heterocycles. The lowest BCUT2D eigenvalue weighted by Gasteiger charge is -2.14. The highest BCUT2D eigenvalue weighted by atomic mass is 16.5. The van der Waals surface area contributed by atoms with Crippen LogP contribution in [0.25, 0.3) is 0 Å². The van der Waals surface area contributed by atoms with Crippen molar-refractivity contribution in [3.05, 3.63) is 23.3 Å². The molecule has 0 aromatic heterocycles. The first-order valence-corrected chi connectivity index (χ1v) is 6.52. The Kier molecular flexibility index (Phi) is 5.83. The van der Waals surface area contributed by atoms with Crippen molar-refractivity contribution in [2.24, 2.45) is 10.7 Å². The number of hydrogen-bond donors (Lipinski definition) is 3. The van der Waals surface area contributed by atoms with Gasteiger partial charge in [-0.25, -0.2) is 4.79 Å². The standard InChI is InChI=1S/C14H22N4O2/c1-5-6-20-11-7-9(2)12(10(3)8-11)17-14(19)18-13(15)16-4/h7-8H,5-6H2,1-4H3,(H4,15,16,17,18,19). The maximum Gasteiger partial charge on any atom is 0.326 e. The maximum atomic E-state index is 11.7. The van der Waals surface area contributed by atoms with E-state index in [1.165, 1.54) is 7.05 Å². The van der Waals surface area contributed by atoms with Gasteiger partial charge in [0.2, 0.25) is 0 Å². The van der Waals surface area contributed by atoms with E-state index in [4.69, 9.17) is 10.5 Å². The van der Waals surface area contributed by atoms with Crippen LogP contribution < -0.4 is 21.1 Å². The number of nitrogens with two attached hydrogens (primary N) is 1. The van der Waals surface area contributed by atoms with Gasteiger partial charge in [-0.3, -0.25) is 10.3 Å². The van der Waals surface area contributed by atoms with Crippen LogP contribution in [0.2, 0.25) is 0 Å². The van der Waals surface area contributed by atoms with E-state index in [2.05, 4.69) is 22.5 Å². The highest BCUT2D eigenvalue weighted by molar-refractivity contribution is 6.02. The van der Waals surface area contributed by atoms with E-state index in [-0.39, 0.29) is 5.96 Å². The van der Waals surface area contributed by atoms with Gasteiger partial charge in [0.15, 0.2) is 5.96 Å². The first-order valence-electron chi connectivity index (χ1n) is 6.52. The predicted molar refractivity (Wildman–Crippen MR) is 81.4 cm³/mol. The quantitative estimate of drug-likeness (QED) is 0.582. The summed E-state index contributed by atoms with van der Waals surface area (Å²) < 4.78 is 5.59. The van der Waals surface area contributed by atoms with E-state index < -0.39 is 6.03 Å². The van der Waals surface area contributed by atoms with Crippen molar-refractivity contribution < 1.29 is 9.53 Å². The number of benzene rings is 1. The van der Waals surface area contributed by atoms with Gasteiger partial charge in [-0.15, -0.1) is 0 Å². The van der Waals surface area contributed by atoms with Gasteiger partial charge >= 0.3 is 6.03 Å². The zero-order chi connectivity index (χ0) is 15.1. The Balaban J connectivity index is 2.83. The number of aryl methyl sites for hydroxylation is 2. The van der Waals surface area contributed by atoms with Crippen LogP contribution in [-0.2, 0) is 0 Å². The van der Waals surface area contributed by atoms with Crippen LogP contribution in [0, 0.1) is 13.8 Å². The van der Waals surface area contributed by atoms with Crippen molar-refractivity contribution in [1.29, 1.82) is 0 Å². The van der Waals surface area contributed by atoms with Crippen LogP contribution in [0.3, 0.4) is 0 Å². The molecule has 0 saturated carbocycles. The number of amides is 2. The van der Waals surface area contributed by atoms with E-state index >= 15 is 0 Å². The van der Waals surface area contributed by atoms with E-state index in [0.29, 0.717) is 6.61 Å². The summed E-state index contributed by atoms with van der Waals surface area (Å²) in [6, 6.07) is 3.38. The summed E-state index contributed by atoms with van der Waals surface area (Å²) in [6.45, 7) is 6.56. The van der Waals surface area contributed by atoms with Crippen molar-refractivity contribution >= 4 is 17.7 Å². The second-order valence-corrected chi connectivity index (χ2v) is 4.47. The summed E-state index contributed by atoms with van der Waals surface area (Å²) >= 11 is 0. The molecule has 0 atom stereocenters. The number of carbonyl (C=O) groups is 1. The fraction of sp³-hybridized carbons (Fsp3) is 0.429. The molecule has 0 bridgehead atoms. The Morgan fingerprint density at radius 1 is 1.35 bits per heavy atom. The monoisotopic (exact) mass is 278 g/mol. The van der Waals surface area contributed by atoms with Gasteiger partial charge in [0, 0.05) is 12.7 Å². The first-order chi connectivity index (χ1) is 9.47. The molecule has 1 aromatic carbocycles. The van der Waals surface area contributed by atoms with E-state index in [1.807, 2.05) is 26.0 Å². The third-order valence-corrected chi connectivity index (χ3v) is 2.70. The molecule has 1 aromatic rings. The molecule has 0 aliphatic carbocycles. The van der Waals surface area contributed by atoms with Crippen LogP contribution in [0.4, 0.5) is 10.5 Å². The number of anilines is 1. The number of rotatable bonds is 4. The second-order valence-electron chi connectivity index (χ2n) is 4.47. The molecule has 0 aliphatic heterocycles. The molecule has 1 rings (SSSR count). The molecule has 0 spiro atoms. The van der Waals surface area contributed by atoms with Crippen LogP contribution in [0.5, 0.6) is 5.75 Å². The molecule has 20 heavy (non-hydrogen) atoms. The van der Waals surface area contributed by atoms with Gasteiger partial charge in [-0.2, -0.15) is 0 Å². The van der Waals surface area contributed by atoms with Crippen LogP contribution >= 0.6 is 0 Å². The van der Waals surface area contributed by atoms with E-state index in [9.17, 15) is 4.79 Å². The maximum absolute atomic E-state index is 11.7. The van der Waals surface area contributed by atoms with Gasteiger partial charge < -0.3 is 15.8 Å². The van der Waals surface area contributed by atoms with Crippen LogP contribution in [0.15, 0.2) is 17.1 Å². The summed E-state index contributed by atoms with van der Waals surface area (Å²) in [5, 5.41) is 5.19. The zero-order valence-corrected chi connectivity index (χ0v) is 12.4. The van der Waals surface area contributed by atoms with Gasteiger partial charge in [-0.1, -0.05) is 6.92 Å². The fourth-order valence-electron chi connectivity index (χ4n) is 1.74. The van der Waals surface area contributed by atoms with Gasteiger partial charge in [0.25, 0.3) is 0 Å². The third kappa shape index (κ3) is 4.46. The molecule has 0 fully saturated rings. The average Bonchev–Trinajstić information content (AvgIpc) is 2.40. The molecule has 0 saturated heterocycles. The molecular formula is C14H22N4O2. The molecule has 6 nitrogen and oxygen atoms in total. The minimum atomic E-state index is -0.415. The number of carbonyl (C=O) groups excluding carboxylic acids is 1. The molecular weight excluding hydrogens is 256 g/mol. The molecule has 110 valence electrons. The Labute approximate surface area is 119 Å². The second kappa shape index (κ2) is 7.37. The summed E-state index contributed by atoms with van der Waals surface area (Å²) in [6.07, 6.45) is 0.954. The summed E-state index contributed by atoms with van der Waals surface area (Å²) in [5.74, 6) is 0.878. The third-order valence-electron chi connectivity index (χ3n) is 2.70. The molecule has 0 aliphatic rings. The lowest BCUT2D eigenvalue weighted by atomic mass is 10.1. The zero-order valence-electron chi connectivity index (χ0n) is 12.4. The summed E-state index contributed by atoms with van der Waals surface area (Å²) in [4.78, 5) is 15.4. The average molecular weight is 278 g/mol. The molecule has 6 heteroatoms. The lowest BCUT2D eigenvalue weighted by molar-refractivity contribution is 0.256. The largest absolute Gasteiger partial charge is 0.494 e. The normalized spacial score (nSPS) is 11.1. The smallest absolute Gasteiger partial charge is 0.326 e. The van der Waals surface area contributed by atoms with Crippen molar-refractivity contribution in [2.45, 2.75) is 27.2 Å². The molecule has 0 radical (unpaired) electrons. The van der Waals surface area contributed by atoms with E-state index in [0.717, 1.165) is 29.0 Å². The number of hydrogen-bond acceptors (Lipinski definition) is 3. The van der Waals surface area contributed by atoms with Gasteiger partial charge in [0.1, 0.15) is 5.75 Å². The van der Waals surface area contributed by atoms with Crippen molar-refractivity contribution in [1.82, 2.24) is 5.32 Å². The fourth-order valence-corrected chi connectivity index (χ4v) is 1.74. The minimum Gasteiger partial charge on any atom is -0.494 e.